The van der Waals surface area contributed by atoms with Gasteiger partial charge in [0.15, 0.2) is 0 Å². The van der Waals surface area contributed by atoms with Gasteiger partial charge in [-0.3, -0.25) is 0 Å². The minimum atomic E-state index is 0. The van der Waals surface area contributed by atoms with Crippen LogP contribution < -0.4 is 5.73 Å². The second kappa shape index (κ2) is 23.1. The fourth-order valence-corrected chi connectivity index (χ4v) is 4.83. The molecule has 0 heterocycles. The summed E-state index contributed by atoms with van der Waals surface area (Å²) in [6.45, 7) is 9.26. The van der Waals surface area contributed by atoms with E-state index < -0.39 is 0 Å². The van der Waals surface area contributed by atoms with Crippen LogP contribution >= 0.6 is 17.0 Å². The van der Waals surface area contributed by atoms with Crippen molar-refractivity contribution in [1.82, 2.24) is 0 Å². The Morgan fingerprint density at radius 2 is 0.793 bits per heavy atom. The van der Waals surface area contributed by atoms with Gasteiger partial charge in [-0.15, -0.1) is 17.0 Å². The average Bonchev–Trinajstić information content (AvgIpc) is 2.70. The van der Waals surface area contributed by atoms with E-state index in [9.17, 15) is 0 Å². The molecule has 0 saturated heterocycles. The van der Waals surface area contributed by atoms with Gasteiger partial charge < -0.3 is 5.73 Å². The van der Waals surface area contributed by atoms with E-state index in [-0.39, 0.29) is 22.5 Å². The summed E-state index contributed by atoms with van der Waals surface area (Å²) in [6.07, 6.45) is 28.7. The van der Waals surface area contributed by atoms with Crippen molar-refractivity contribution in [2.45, 2.75) is 168 Å². The molecular formula is C27H58BrN. The lowest BCUT2D eigenvalue weighted by Crippen LogP contribution is -2.47. The van der Waals surface area contributed by atoms with Crippen molar-refractivity contribution in [1.29, 1.82) is 0 Å². The fourth-order valence-electron chi connectivity index (χ4n) is 4.83. The minimum Gasteiger partial charge on any atom is -0.325 e. The van der Waals surface area contributed by atoms with Crippen molar-refractivity contribution in [3.8, 4) is 0 Å². The first-order chi connectivity index (χ1) is 13.6. The molecule has 0 spiro atoms. The molecule has 1 unspecified atom stereocenters. The van der Waals surface area contributed by atoms with Gasteiger partial charge in [0.1, 0.15) is 0 Å². The number of nitrogens with two attached hydrogens (primary N) is 1. The molecule has 0 bridgehead atoms. The van der Waals surface area contributed by atoms with Crippen LogP contribution in [0, 0.1) is 5.92 Å². The van der Waals surface area contributed by atoms with E-state index in [1.165, 1.54) is 135 Å². The smallest absolute Gasteiger partial charge is 0.0182 e. The third kappa shape index (κ3) is 17.8. The minimum absolute atomic E-state index is 0. The van der Waals surface area contributed by atoms with E-state index in [1.54, 1.807) is 0 Å². The Morgan fingerprint density at radius 3 is 1.17 bits per heavy atom. The average molecular weight is 477 g/mol. The summed E-state index contributed by atoms with van der Waals surface area (Å²) < 4.78 is 0. The van der Waals surface area contributed by atoms with Crippen LogP contribution in [-0.4, -0.2) is 5.54 Å². The zero-order valence-electron chi connectivity index (χ0n) is 20.9. The van der Waals surface area contributed by atoms with Gasteiger partial charge in [-0.05, 0) is 31.6 Å². The lowest BCUT2D eigenvalue weighted by atomic mass is 9.72. The number of unbranched alkanes of at least 4 members (excludes halogenated alkanes) is 13. The topological polar surface area (TPSA) is 26.0 Å². The molecule has 0 aliphatic carbocycles. The zero-order chi connectivity index (χ0) is 20.9. The Hall–Kier alpha value is 0.440. The van der Waals surface area contributed by atoms with Gasteiger partial charge in [-0.25, -0.2) is 0 Å². The maximum atomic E-state index is 7.26. The molecule has 2 N–H and O–H groups in total. The van der Waals surface area contributed by atoms with E-state index in [0.717, 1.165) is 5.92 Å². The molecule has 1 atom stereocenters. The summed E-state index contributed by atoms with van der Waals surface area (Å²) in [5, 5.41) is 0. The summed E-state index contributed by atoms with van der Waals surface area (Å²) >= 11 is 0. The summed E-state index contributed by atoms with van der Waals surface area (Å²) in [5.41, 5.74) is 7.37. The quantitative estimate of drug-likeness (QED) is 0.155. The highest BCUT2D eigenvalue weighted by Crippen LogP contribution is 2.35. The molecule has 1 nitrogen and oxygen atoms in total. The molecule has 0 fully saturated rings. The molecule has 0 aromatic carbocycles. The first-order valence-electron chi connectivity index (χ1n) is 13.4. The lowest BCUT2D eigenvalue weighted by Gasteiger charge is -2.39. The largest absolute Gasteiger partial charge is 0.325 e. The Labute approximate surface area is 196 Å². The highest BCUT2D eigenvalue weighted by molar-refractivity contribution is 8.93. The molecule has 2 heteroatoms. The molecule has 0 aromatic heterocycles. The van der Waals surface area contributed by atoms with Crippen LogP contribution in [0.3, 0.4) is 0 Å². The van der Waals surface area contributed by atoms with Crippen LogP contribution in [0.15, 0.2) is 0 Å². The van der Waals surface area contributed by atoms with Gasteiger partial charge in [0.25, 0.3) is 0 Å². The predicted octanol–water partition coefficient (Wildman–Crippen LogP) is 10.1. The second-order valence-electron chi connectivity index (χ2n) is 9.60. The Morgan fingerprint density at radius 1 is 0.483 bits per heavy atom. The number of rotatable bonds is 22. The first-order valence-corrected chi connectivity index (χ1v) is 13.4. The van der Waals surface area contributed by atoms with E-state index in [1.807, 2.05) is 0 Å². The van der Waals surface area contributed by atoms with Crippen molar-refractivity contribution in [2.24, 2.45) is 11.7 Å². The van der Waals surface area contributed by atoms with Gasteiger partial charge in [0, 0.05) is 5.54 Å². The summed E-state index contributed by atoms with van der Waals surface area (Å²) in [7, 11) is 0. The van der Waals surface area contributed by atoms with Crippen LogP contribution in [0.1, 0.15) is 163 Å². The Bertz CT molecular complexity index is 293. The highest BCUT2D eigenvalue weighted by atomic mass is 79.9. The molecule has 0 radical (unpaired) electrons. The summed E-state index contributed by atoms with van der Waals surface area (Å²) in [5.74, 6) is 0.759. The third-order valence-corrected chi connectivity index (χ3v) is 6.87. The van der Waals surface area contributed by atoms with Crippen molar-refractivity contribution in [3.05, 3.63) is 0 Å². The van der Waals surface area contributed by atoms with E-state index >= 15 is 0 Å². The van der Waals surface area contributed by atoms with Gasteiger partial charge in [0.05, 0.1) is 0 Å². The Balaban J connectivity index is 0. The normalized spacial score (nSPS) is 12.7. The number of halogens is 1. The third-order valence-electron chi connectivity index (χ3n) is 6.87. The molecular weight excluding hydrogens is 418 g/mol. The van der Waals surface area contributed by atoms with E-state index in [4.69, 9.17) is 5.73 Å². The Kier molecular flexibility index (Phi) is 25.2. The predicted molar refractivity (Wildman–Crippen MR) is 140 cm³/mol. The monoisotopic (exact) mass is 475 g/mol. The molecule has 0 aliphatic heterocycles. The van der Waals surface area contributed by atoms with Crippen LogP contribution in [0.25, 0.3) is 0 Å². The molecule has 0 amide bonds. The zero-order valence-corrected chi connectivity index (χ0v) is 22.6. The van der Waals surface area contributed by atoms with Gasteiger partial charge >= 0.3 is 0 Å². The van der Waals surface area contributed by atoms with Crippen LogP contribution in [0.2, 0.25) is 0 Å². The molecule has 29 heavy (non-hydrogen) atoms. The van der Waals surface area contributed by atoms with Gasteiger partial charge in [-0.2, -0.15) is 0 Å². The highest BCUT2D eigenvalue weighted by Gasteiger charge is 2.33. The molecule has 0 saturated carbocycles. The lowest BCUT2D eigenvalue weighted by molar-refractivity contribution is 0.190. The molecule has 0 aliphatic rings. The fraction of sp³-hybridized carbons (Fsp3) is 1.00. The molecule has 0 rings (SSSR count). The van der Waals surface area contributed by atoms with Crippen LogP contribution in [0.4, 0.5) is 0 Å². The van der Waals surface area contributed by atoms with E-state index in [0.29, 0.717) is 0 Å². The summed E-state index contributed by atoms with van der Waals surface area (Å²) in [4.78, 5) is 0. The maximum absolute atomic E-state index is 7.26. The standard InChI is InChI=1S/C27H57N.BrH/c1-5-9-13-17-19-23-26(22-18-14-10-6-2)27(28,24-20-15-11-7-3)25-21-16-12-8-4;/h26H,5-25,28H2,1-4H3;1H. The summed E-state index contributed by atoms with van der Waals surface area (Å²) in [6, 6.07) is 0. The van der Waals surface area contributed by atoms with Crippen LogP contribution in [-0.2, 0) is 0 Å². The van der Waals surface area contributed by atoms with Gasteiger partial charge in [-0.1, -0.05) is 137 Å². The second-order valence-corrected chi connectivity index (χ2v) is 9.60. The first kappa shape index (κ1) is 31.6. The van der Waals surface area contributed by atoms with Crippen LogP contribution in [0.5, 0.6) is 0 Å². The van der Waals surface area contributed by atoms with Crippen molar-refractivity contribution in [2.75, 3.05) is 0 Å². The van der Waals surface area contributed by atoms with Crippen molar-refractivity contribution >= 4 is 17.0 Å². The van der Waals surface area contributed by atoms with Crippen molar-refractivity contribution < 1.29 is 0 Å². The van der Waals surface area contributed by atoms with Crippen molar-refractivity contribution in [3.63, 3.8) is 0 Å². The van der Waals surface area contributed by atoms with Gasteiger partial charge in [0.2, 0.25) is 0 Å². The SMILES string of the molecule is Br.CCCCCCCC(CCCCCC)C(N)(CCCCCC)CCCCCC. The maximum Gasteiger partial charge on any atom is 0.0182 e. The molecule has 0 aromatic rings. The van der Waals surface area contributed by atoms with E-state index in [2.05, 4.69) is 27.7 Å². The number of hydrogen-bond donors (Lipinski definition) is 1. The molecule has 178 valence electrons. The number of hydrogen-bond acceptors (Lipinski definition) is 1.